The summed E-state index contributed by atoms with van der Waals surface area (Å²) in [6.45, 7) is 2.39. The van der Waals surface area contributed by atoms with Crippen molar-refractivity contribution in [1.29, 1.82) is 0 Å². The van der Waals surface area contributed by atoms with Crippen LogP contribution < -0.4 is 5.32 Å². The average Bonchev–Trinajstić information content (AvgIpc) is 2.53. The fraction of sp³-hybridized carbons (Fsp3) is 0.700. The number of hydrogen-bond donors (Lipinski definition) is 1. The van der Waals surface area contributed by atoms with Crippen molar-refractivity contribution in [3.63, 3.8) is 0 Å². The van der Waals surface area contributed by atoms with Crippen LogP contribution >= 0.6 is 11.8 Å². The van der Waals surface area contributed by atoms with E-state index in [2.05, 4.69) is 16.7 Å². The first-order chi connectivity index (χ1) is 8.07. The van der Waals surface area contributed by atoms with Gasteiger partial charge in [0, 0.05) is 13.6 Å². The fourth-order valence-corrected chi connectivity index (χ4v) is 2.13. The highest BCUT2D eigenvalue weighted by atomic mass is 32.2. The second-order valence-corrected chi connectivity index (χ2v) is 4.78. The van der Waals surface area contributed by atoms with Crippen LogP contribution in [0.4, 0.5) is 11.5 Å². The third-order valence-electron chi connectivity index (χ3n) is 2.44. The van der Waals surface area contributed by atoms with Gasteiger partial charge in [-0.25, -0.2) is 4.68 Å². The van der Waals surface area contributed by atoms with Gasteiger partial charge in [0.25, 0.3) is 0 Å². The highest BCUT2D eigenvalue weighted by Gasteiger charge is 2.23. The van der Waals surface area contributed by atoms with Crippen molar-refractivity contribution in [2.75, 3.05) is 23.9 Å². The van der Waals surface area contributed by atoms with E-state index in [1.165, 1.54) is 4.68 Å². The fourth-order valence-electron chi connectivity index (χ4n) is 1.64. The monoisotopic (exact) mass is 258 g/mol. The molecule has 0 amide bonds. The molecule has 0 saturated carbocycles. The summed E-state index contributed by atoms with van der Waals surface area (Å²) >= 11 is 1.81. The molecule has 0 fully saturated rings. The Labute approximate surface area is 105 Å². The van der Waals surface area contributed by atoms with Crippen LogP contribution in [-0.2, 0) is 7.05 Å². The van der Waals surface area contributed by atoms with Gasteiger partial charge in [0.05, 0.1) is 4.92 Å². The third kappa shape index (κ3) is 3.62. The van der Waals surface area contributed by atoms with Crippen LogP contribution in [0.1, 0.15) is 18.5 Å². The van der Waals surface area contributed by atoms with E-state index >= 15 is 0 Å². The Morgan fingerprint density at radius 2 is 2.24 bits per heavy atom. The van der Waals surface area contributed by atoms with Gasteiger partial charge in [-0.1, -0.05) is 0 Å². The molecule has 6 nitrogen and oxygen atoms in total. The van der Waals surface area contributed by atoms with E-state index in [1.54, 1.807) is 14.0 Å². The van der Waals surface area contributed by atoms with Crippen LogP contribution in [0.5, 0.6) is 0 Å². The molecule has 0 aliphatic rings. The van der Waals surface area contributed by atoms with Crippen molar-refractivity contribution < 1.29 is 4.92 Å². The van der Waals surface area contributed by atoms with Crippen molar-refractivity contribution in [1.82, 2.24) is 9.78 Å². The molecule has 17 heavy (non-hydrogen) atoms. The maximum atomic E-state index is 10.9. The Morgan fingerprint density at radius 1 is 1.53 bits per heavy atom. The highest BCUT2D eigenvalue weighted by molar-refractivity contribution is 7.98. The number of aryl methyl sites for hydroxylation is 2. The lowest BCUT2D eigenvalue weighted by atomic mass is 10.3. The lowest BCUT2D eigenvalue weighted by Gasteiger charge is -2.05. The van der Waals surface area contributed by atoms with Gasteiger partial charge in [-0.3, -0.25) is 10.1 Å². The maximum Gasteiger partial charge on any atom is 0.333 e. The number of anilines is 1. The molecule has 1 aromatic heterocycles. The Balaban J connectivity index is 2.61. The second kappa shape index (κ2) is 6.48. The third-order valence-corrected chi connectivity index (χ3v) is 3.14. The summed E-state index contributed by atoms with van der Waals surface area (Å²) in [7, 11) is 1.71. The lowest BCUT2D eigenvalue weighted by molar-refractivity contribution is -0.384. The minimum Gasteiger partial charge on any atom is -0.365 e. The van der Waals surface area contributed by atoms with Crippen molar-refractivity contribution in [3.05, 3.63) is 15.8 Å². The molecule has 0 atom stereocenters. The first-order valence-electron chi connectivity index (χ1n) is 5.48. The number of aromatic nitrogens is 2. The van der Waals surface area contributed by atoms with Gasteiger partial charge >= 0.3 is 5.69 Å². The standard InChI is InChI=1S/C10H18N4O2S/c1-8-9(14(15)16)10(13(2)12-8)11-6-4-5-7-17-3/h11H,4-7H2,1-3H3. The van der Waals surface area contributed by atoms with Gasteiger partial charge in [-0.15, -0.1) is 0 Å². The van der Waals surface area contributed by atoms with Crippen LogP contribution in [0.3, 0.4) is 0 Å². The molecule has 0 unspecified atom stereocenters. The quantitative estimate of drug-likeness (QED) is 0.461. The van der Waals surface area contributed by atoms with Crippen LogP contribution in [0.25, 0.3) is 0 Å². The maximum absolute atomic E-state index is 10.9. The molecule has 1 N–H and O–H groups in total. The topological polar surface area (TPSA) is 73.0 Å². The van der Waals surface area contributed by atoms with Crippen molar-refractivity contribution in [2.45, 2.75) is 19.8 Å². The summed E-state index contributed by atoms with van der Waals surface area (Å²) in [5, 5.41) is 18.0. The predicted octanol–water partition coefficient (Wildman–Crippen LogP) is 2.19. The minimum atomic E-state index is -0.382. The number of rotatable bonds is 7. The van der Waals surface area contributed by atoms with Crippen LogP contribution in [0.2, 0.25) is 0 Å². The van der Waals surface area contributed by atoms with Gasteiger partial charge in [-0.05, 0) is 31.8 Å². The zero-order valence-corrected chi connectivity index (χ0v) is 11.2. The predicted molar refractivity (Wildman–Crippen MR) is 70.7 cm³/mol. The highest BCUT2D eigenvalue weighted by Crippen LogP contribution is 2.27. The van der Waals surface area contributed by atoms with Crippen LogP contribution in [0.15, 0.2) is 0 Å². The molecule has 0 saturated heterocycles. The Kier molecular flexibility index (Phi) is 5.27. The molecule has 1 rings (SSSR count). The van der Waals surface area contributed by atoms with Gasteiger partial charge in [-0.2, -0.15) is 16.9 Å². The Morgan fingerprint density at radius 3 is 2.82 bits per heavy atom. The number of nitro groups is 1. The largest absolute Gasteiger partial charge is 0.365 e. The Hall–Kier alpha value is -1.24. The molecule has 0 spiro atoms. The molecule has 0 bridgehead atoms. The van der Waals surface area contributed by atoms with E-state index in [0.717, 1.165) is 25.1 Å². The Bertz CT molecular complexity index is 392. The summed E-state index contributed by atoms with van der Waals surface area (Å²) in [6, 6.07) is 0. The summed E-state index contributed by atoms with van der Waals surface area (Å²) in [5.74, 6) is 1.62. The number of nitrogens with zero attached hydrogens (tertiary/aromatic N) is 3. The normalized spacial score (nSPS) is 10.5. The summed E-state index contributed by atoms with van der Waals surface area (Å²) < 4.78 is 1.53. The molecule has 0 radical (unpaired) electrons. The number of thioether (sulfide) groups is 1. The van der Waals surface area contributed by atoms with Gasteiger partial charge in [0.15, 0.2) is 0 Å². The van der Waals surface area contributed by atoms with Crippen LogP contribution in [-0.4, -0.2) is 33.3 Å². The molecule has 96 valence electrons. The van der Waals surface area contributed by atoms with Crippen molar-refractivity contribution in [3.8, 4) is 0 Å². The molecule has 0 aromatic carbocycles. The SMILES string of the molecule is CSCCCCNc1c([N+](=O)[O-])c(C)nn1C. The van der Waals surface area contributed by atoms with E-state index in [-0.39, 0.29) is 10.6 Å². The van der Waals surface area contributed by atoms with Crippen LogP contribution in [0, 0.1) is 17.0 Å². The molecule has 1 heterocycles. The summed E-state index contributed by atoms with van der Waals surface area (Å²) in [4.78, 5) is 10.5. The van der Waals surface area contributed by atoms with E-state index < -0.39 is 0 Å². The second-order valence-electron chi connectivity index (χ2n) is 3.79. The van der Waals surface area contributed by atoms with Gasteiger partial charge < -0.3 is 5.32 Å². The molecule has 7 heteroatoms. The zero-order valence-electron chi connectivity index (χ0n) is 10.4. The number of nitrogens with one attached hydrogen (secondary N) is 1. The molecule has 1 aromatic rings. The summed E-state index contributed by atoms with van der Waals surface area (Å²) in [6.07, 6.45) is 4.18. The smallest absolute Gasteiger partial charge is 0.333 e. The number of unbranched alkanes of at least 4 members (excludes halogenated alkanes) is 1. The number of hydrogen-bond acceptors (Lipinski definition) is 5. The molecule has 0 aliphatic carbocycles. The molecule has 0 aliphatic heterocycles. The van der Waals surface area contributed by atoms with E-state index in [1.807, 2.05) is 11.8 Å². The van der Waals surface area contributed by atoms with Crippen molar-refractivity contribution >= 4 is 23.3 Å². The van der Waals surface area contributed by atoms with Crippen molar-refractivity contribution in [2.24, 2.45) is 7.05 Å². The first kappa shape index (κ1) is 13.8. The van der Waals surface area contributed by atoms with Gasteiger partial charge in [0.1, 0.15) is 5.69 Å². The lowest BCUT2D eigenvalue weighted by Crippen LogP contribution is -2.08. The molecular weight excluding hydrogens is 240 g/mol. The molecular formula is C10H18N4O2S. The van der Waals surface area contributed by atoms with E-state index in [9.17, 15) is 10.1 Å². The summed E-state index contributed by atoms with van der Waals surface area (Å²) in [5.41, 5.74) is 0.529. The van der Waals surface area contributed by atoms with E-state index in [4.69, 9.17) is 0 Å². The zero-order chi connectivity index (χ0) is 12.8. The average molecular weight is 258 g/mol. The van der Waals surface area contributed by atoms with Gasteiger partial charge in [0.2, 0.25) is 5.82 Å². The first-order valence-corrected chi connectivity index (χ1v) is 6.88. The van der Waals surface area contributed by atoms with E-state index in [0.29, 0.717) is 11.5 Å². The minimum absolute atomic E-state index is 0.0809.